The van der Waals surface area contributed by atoms with Crippen LogP contribution in [0.15, 0.2) is 54.9 Å². The van der Waals surface area contributed by atoms with Crippen LogP contribution in [0.1, 0.15) is 24.6 Å². The van der Waals surface area contributed by atoms with Gasteiger partial charge < -0.3 is 14.0 Å². The van der Waals surface area contributed by atoms with E-state index in [0.29, 0.717) is 13.0 Å². The zero-order chi connectivity index (χ0) is 20.1. The Kier molecular flexibility index (Phi) is 6.10. The first-order valence-corrected chi connectivity index (χ1v) is 10.4. The van der Waals surface area contributed by atoms with Crippen molar-refractivity contribution < 1.29 is 9.53 Å². The summed E-state index contributed by atoms with van der Waals surface area (Å²) in [6.45, 7) is 6.77. The van der Waals surface area contributed by atoms with Gasteiger partial charge in [0.2, 0.25) is 5.91 Å². The number of imidazole rings is 1. The fraction of sp³-hybridized carbons (Fsp3) is 0.391. The van der Waals surface area contributed by atoms with Crippen molar-refractivity contribution in [3.63, 3.8) is 0 Å². The molecule has 4 rings (SSSR count). The number of pyridine rings is 1. The number of rotatable bonds is 7. The second kappa shape index (κ2) is 9.09. The van der Waals surface area contributed by atoms with Gasteiger partial charge in [-0.05, 0) is 37.1 Å². The minimum atomic E-state index is 0.226. The van der Waals surface area contributed by atoms with Crippen LogP contribution in [-0.4, -0.2) is 57.9 Å². The highest BCUT2D eigenvalue weighted by Gasteiger charge is 2.21. The zero-order valence-electron chi connectivity index (χ0n) is 17.0. The monoisotopic (exact) mass is 392 g/mol. The standard InChI is InChI=1S/C23H28N4O2/c1-2-29-21-8-4-3-7-19(21)10-11-23(28)26-15-13-25(14-16-26)17-20-18-27-12-6-5-9-22(27)24-20/h3-9,12,18H,2,10-11,13-17H2,1H3. The topological polar surface area (TPSA) is 50.1 Å². The van der Waals surface area contributed by atoms with Crippen LogP contribution < -0.4 is 4.74 Å². The van der Waals surface area contributed by atoms with Gasteiger partial charge >= 0.3 is 0 Å². The molecule has 2 aromatic heterocycles. The number of ether oxygens (including phenoxy) is 1. The number of hydrogen-bond acceptors (Lipinski definition) is 4. The first kappa shape index (κ1) is 19.5. The Bertz CT molecular complexity index is 927. The number of aromatic nitrogens is 2. The van der Waals surface area contributed by atoms with Crippen LogP contribution in [0, 0.1) is 0 Å². The normalized spacial score (nSPS) is 15.0. The van der Waals surface area contributed by atoms with Crippen LogP contribution in [0.25, 0.3) is 5.65 Å². The van der Waals surface area contributed by atoms with Gasteiger partial charge in [-0.2, -0.15) is 0 Å². The van der Waals surface area contributed by atoms with E-state index in [4.69, 9.17) is 4.74 Å². The van der Waals surface area contributed by atoms with Crippen molar-refractivity contribution in [3.05, 3.63) is 66.1 Å². The van der Waals surface area contributed by atoms with E-state index in [0.717, 1.165) is 61.8 Å². The Morgan fingerprint density at radius 3 is 2.66 bits per heavy atom. The molecule has 1 fully saturated rings. The fourth-order valence-corrected chi connectivity index (χ4v) is 3.85. The number of hydrogen-bond donors (Lipinski definition) is 0. The lowest BCUT2D eigenvalue weighted by molar-refractivity contribution is -0.133. The second-order valence-corrected chi connectivity index (χ2v) is 7.40. The van der Waals surface area contributed by atoms with E-state index < -0.39 is 0 Å². The van der Waals surface area contributed by atoms with Crippen molar-refractivity contribution >= 4 is 11.6 Å². The Labute approximate surface area is 171 Å². The van der Waals surface area contributed by atoms with E-state index in [1.54, 1.807) is 0 Å². The fourth-order valence-electron chi connectivity index (χ4n) is 3.85. The molecule has 152 valence electrons. The Morgan fingerprint density at radius 2 is 1.86 bits per heavy atom. The average molecular weight is 393 g/mol. The maximum Gasteiger partial charge on any atom is 0.222 e. The number of benzene rings is 1. The van der Waals surface area contributed by atoms with Crippen molar-refractivity contribution in [3.8, 4) is 5.75 Å². The molecule has 3 heterocycles. The first-order valence-electron chi connectivity index (χ1n) is 10.4. The third-order valence-corrected chi connectivity index (χ3v) is 5.41. The number of fused-ring (bicyclic) bond motifs is 1. The lowest BCUT2D eigenvalue weighted by atomic mass is 10.1. The van der Waals surface area contributed by atoms with Gasteiger partial charge in [0.1, 0.15) is 11.4 Å². The van der Waals surface area contributed by atoms with Crippen LogP contribution in [0.5, 0.6) is 5.75 Å². The molecule has 0 aliphatic carbocycles. The van der Waals surface area contributed by atoms with Crippen molar-refractivity contribution in [1.29, 1.82) is 0 Å². The summed E-state index contributed by atoms with van der Waals surface area (Å²) in [6.07, 6.45) is 5.35. The smallest absolute Gasteiger partial charge is 0.222 e. The SMILES string of the molecule is CCOc1ccccc1CCC(=O)N1CCN(Cc2cn3ccccc3n2)CC1. The third-order valence-electron chi connectivity index (χ3n) is 5.41. The number of carbonyl (C=O) groups excluding carboxylic acids is 1. The summed E-state index contributed by atoms with van der Waals surface area (Å²) in [7, 11) is 0. The highest BCUT2D eigenvalue weighted by atomic mass is 16.5. The van der Waals surface area contributed by atoms with Crippen LogP contribution in [0.3, 0.4) is 0 Å². The lowest BCUT2D eigenvalue weighted by Crippen LogP contribution is -2.48. The van der Waals surface area contributed by atoms with Crippen molar-refractivity contribution in [2.75, 3.05) is 32.8 Å². The molecule has 0 saturated carbocycles. The molecule has 0 spiro atoms. The predicted molar refractivity (Wildman–Crippen MR) is 113 cm³/mol. The van der Waals surface area contributed by atoms with Crippen LogP contribution in [-0.2, 0) is 17.8 Å². The number of piperazine rings is 1. The highest BCUT2D eigenvalue weighted by molar-refractivity contribution is 5.76. The van der Waals surface area contributed by atoms with Gasteiger partial charge in [0, 0.05) is 51.5 Å². The molecule has 0 radical (unpaired) electrons. The van der Waals surface area contributed by atoms with Crippen molar-refractivity contribution in [2.45, 2.75) is 26.3 Å². The average Bonchev–Trinajstić information content (AvgIpc) is 3.16. The Morgan fingerprint density at radius 1 is 1.07 bits per heavy atom. The van der Waals surface area contributed by atoms with Gasteiger partial charge in [0.15, 0.2) is 0 Å². The molecular formula is C23H28N4O2. The number of carbonyl (C=O) groups is 1. The first-order chi connectivity index (χ1) is 14.2. The van der Waals surface area contributed by atoms with Crippen LogP contribution >= 0.6 is 0 Å². The van der Waals surface area contributed by atoms with E-state index in [1.807, 2.05) is 60.5 Å². The summed E-state index contributed by atoms with van der Waals surface area (Å²) < 4.78 is 7.72. The summed E-state index contributed by atoms with van der Waals surface area (Å²) in [4.78, 5) is 21.7. The highest BCUT2D eigenvalue weighted by Crippen LogP contribution is 2.20. The van der Waals surface area contributed by atoms with Crippen LogP contribution in [0.4, 0.5) is 0 Å². The predicted octanol–water partition coefficient (Wildman–Crippen LogP) is 3.01. The van der Waals surface area contributed by atoms with Gasteiger partial charge in [-0.1, -0.05) is 24.3 Å². The Balaban J connectivity index is 1.26. The van der Waals surface area contributed by atoms with E-state index in [9.17, 15) is 4.79 Å². The summed E-state index contributed by atoms with van der Waals surface area (Å²) in [6, 6.07) is 14.0. The molecule has 6 nitrogen and oxygen atoms in total. The molecule has 1 aliphatic heterocycles. The van der Waals surface area contributed by atoms with Crippen LogP contribution in [0.2, 0.25) is 0 Å². The van der Waals surface area contributed by atoms with Crippen molar-refractivity contribution in [2.24, 2.45) is 0 Å². The van der Waals surface area contributed by atoms with Gasteiger partial charge in [0.05, 0.1) is 12.3 Å². The second-order valence-electron chi connectivity index (χ2n) is 7.40. The number of amides is 1. The molecular weight excluding hydrogens is 364 g/mol. The summed E-state index contributed by atoms with van der Waals surface area (Å²) in [5.41, 5.74) is 3.15. The van der Waals surface area contributed by atoms with Gasteiger partial charge in [0.25, 0.3) is 0 Å². The molecule has 29 heavy (non-hydrogen) atoms. The maximum absolute atomic E-state index is 12.7. The summed E-state index contributed by atoms with van der Waals surface area (Å²) >= 11 is 0. The minimum absolute atomic E-state index is 0.226. The van der Waals surface area contributed by atoms with E-state index >= 15 is 0 Å². The quantitative estimate of drug-likeness (QED) is 0.620. The lowest BCUT2D eigenvalue weighted by Gasteiger charge is -2.34. The molecule has 1 aromatic carbocycles. The molecule has 0 atom stereocenters. The minimum Gasteiger partial charge on any atom is -0.494 e. The molecule has 6 heteroatoms. The molecule has 0 unspecified atom stereocenters. The van der Waals surface area contributed by atoms with E-state index in [2.05, 4.69) is 20.5 Å². The van der Waals surface area contributed by atoms with Gasteiger partial charge in [-0.15, -0.1) is 0 Å². The summed E-state index contributed by atoms with van der Waals surface area (Å²) in [5.74, 6) is 1.11. The number of aryl methyl sites for hydroxylation is 1. The Hall–Kier alpha value is -2.86. The largest absolute Gasteiger partial charge is 0.494 e. The third kappa shape index (κ3) is 4.77. The number of nitrogens with zero attached hydrogens (tertiary/aromatic N) is 4. The van der Waals surface area contributed by atoms with Gasteiger partial charge in [-0.3, -0.25) is 9.69 Å². The molecule has 1 amide bonds. The van der Waals surface area contributed by atoms with E-state index in [1.165, 1.54) is 0 Å². The molecule has 1 saturated heterocycles. The molecule has 1 aliphatic rings. The zero-order valence-corrected chi connectivity index (χ0v) is 17.0. The molecule has 0 bridgehead atoms. The van der Waals surface area contributed by atoms with Crippen molar-refractivity contribution in [1.82, 2.24) is 19.2 Å². The van der Waals surface area contributed by atoms with E-state index in [-0.39, 0.29) is 5.91 Å². The summed E-state index contributed by atoms with van der Waals surface area (Å²) in [5, 5.41) is 0. The van der Waals surface area contributed by atoms with Gasteiger partial charge in [-0.25, -0.2) is 4.98 Å². The molecule has 3 aromatic rings. The molecule has 0 N–H and O–H groups in total. The maximum atomic E-state index is 12.7. The number of para-hydroxylation sites is 1.